The molecule has 0 heterocycles. The van der Waals surface area contributed by atoms with Gasteiger partial charge >= 0.3 is 0 Å². The first-order valence-electron chi connectivity index (χ1n) is 5.71. The van der Waals surface area contributed by atoms with Crippen LogP contribution in [0.25, 0.3) is 0 Å². The molecule has 0 aliphatic rings. The summed E-state index contributed by atoms with van der Waals surface area (Å²) in [5.41, 5.74) is 0.159. The number of hydrogen-bond acceptors (Lipinski definition) is 3. The average Bonchev–Trinajstić information content (AvgIpc) is 2.29. The number of nitrogens with one attached hydrogen (secondary N) is 2. The van der Waals surface area contributed by atoms with E-state index in [2.05, 4.69) is 26.0 Å². The van der Waals surface area contributed by atoms with E-state index in [0.29, 0.717) is 13.0 Å². The second-order valence-corrected chi connectivity index (χ2v) is 6.98. The van der Waals surface area contributed by atoms with E-state index >= 15 is 0 Å². The van der Waals surface area contributed by atoms with Gasteiger partial charge in [0.05, 0.1) is 16.5 Å². The van der Waals surface area contributed by atoms with Gasteiger partial charge in [0.25, 0.3) is 0 Å². The largest absolute Gasteiger partial charge is 0.317 e. The third-order valence-electron chi connectivity index (χ3n) is 2.28. The molecule has 0 atom stereocenters. The maximum atomic E-state index is 13.0. The molecule has 1 rings (SSSR count). The first-order chi connectivity index (χ1) is 8.85. The van der Waals surface area contributed by atoms with Gasteiger partial charge in [-0.05, 0) is 47.6 Å². The van der Waals surface area contributed by atoms with Gasteiger partial charge in [-0.1, -0.05) is 18.5 Å². The molecule has 2 N–H and O–H groups in total. The van der Waals surface area contributed by atoms with Gasteiger partial charge in [0.15, 0.2) is 0 Å². The smallest absolute Gasteiger partial charge is 0.232 e. The van der Waals surface area contributed by atoms with E-state index in [1.165, 1.54) is 0 Å². The van der Waals surface area contributed by atoms with Crippen LogP contribution in [0.4, 0.5) is 10.1 Å². The van der Waals surface area contributed by atoms with Gasteiger partial charge in [-0.15, -0.1) is 0 Å². The zero-order chi connectivity index (χ0) is 14.5. The molecule has 0 bridgehead atoms. The molecular formula is C11H15BrClFN2O2S. The van der Waals surface area contributed by atoms with Crippen molar-refractivity contribution in [2.75, 3.05) is 23.6 Å². The predicted molar refractivity (Wildman–Crippen MR) is 79.7 cm³/mol. The van der Waals surface area contributed by atoms with Crippen LogP contribution in [0.1, 0.15) is 13.3 Å². The van der Waals surface area contributed by atoms with Crippen LogP contribution in [0, 0.1) is 5.82 Å². The van der Waals surface area contributed by atoms with Crippen molar-refractivity contribution in [3.8, 4) is 0 Å². The number of halogens is 3. The molecule has 1 aromatic carbocycles. The van der Waals surface area contributed by atoms with Gasteiger partial charge in [-0.25, -0.2) is 12.8 Å². The van der Waals surface area contributed by atoms with E-state index in [1.807, 2.05) is 6.92 Å². The molecule has 1 aromatic rings. The molecule has 19 heavy (non-hydrogen) atoms. The van der Waals surface area contributed by atoms with Gasteiger partial charge in [-0.2, -0.15) is 0 Å². The predicted octanol–water partition coefficient (Wildman–Crippen LogP) is 2.98. The van der Waals surface area contributed by atoms with Crippen LogP contribution >= 0.6 is 27.5 Å². The molecule has 0 saturated carbocycles. The molecule has 4 nitrogen and oxygen atoms in total. The topological polar surface area (TPSA) is 58.2 Å². The lowest BCUT2D eigenvalue weighted by atomic mass is 10.3. The summed E-state index contributed by atoms with van der Waals surface area (Å²) in [5, 5.41) is 3.05. The van der Waals surface area contributed by atoms with Crippen LogP contribution < -0.4 is 10.0 Å². The monoisotopic (exact) mass is 372 g/mol. The van der Waals surface area contributed by atoms with Crippen LogP contribution in [0.3, 0.4) is 0 Å². The Morgan fingerprint density at radius 1 is 1.42 bits per heavy atom. The lowest BCUT2D eigenvalue weighted by Gasteiger charge is -2.11. The van der Waals surface area contributed by atoms with Crippen LogP contribution in [0.15, 0.2) is 16.6 Å². The highest BCUT2D eigenvalue weighted by atomic mass is 79.9. The molecule has 0 aliphatic carbocycles. The summed E-state index contributed by atoms with van der Waals surface area (Å²) in [6.07, 6.45) is 0.486. The third kappa shape index (κ3) is 5.64. The van der Waals surface area contributed by atoms with E-state index in [-0.39, 0.29) is 20.9 Å². The van der Waals surface area contributed by atoms with Crippen LogP contribution in [-0.4, -0.2) is 27.3 Å². The fourth-order valence-corrected chi connectivity index (χ4v) is 3.65. The molecule has 0 saturated heterocycles. The lowest BCUT2D eigenvalue weighted by molar-refractivity contribution is 0.595. The Kier molecular flexibility index (Phi) is 6.52. The summed E-state index contributed by atoms with van der Waals surface area (Å²) in [5.74, 6) is -0.563. The molecule has 0 aliphatic heterocycles. The maximum Gasteiger partial charge on any atom is 0.232 e. The van der Waals surface area contributed by atoms with Gasteiger partial charge < -0.3 is 5.32 Å². The molecule has 0 radical (unpaired) electrons. The standard InChI is InChI=1S/C11H15BrClFN2O2S/c1-2-15-4-3-5-19(17,18)16-11-9(12)6-8(14)7-10(11)13/h6-7,15-16H,2-5H2,1H3. The quantitative estimate of drug-likeness (QED) is 0.722. The third-order valence-corrected chi connectivity index (χ3v) is 4.55. The van der Waals surface area contributed by atoms with Crippen molar-refractivity contribution >= 4 is 43.2 Å². The Bertz CT molecular complexity index is 516. The van der Waals surface area contributed by atoms with Crippen LogP contribution in [0.5, 0.6) is 0 Å². The molecule has 8 heteroatoms. The van der Waals surface area contributed by atoms with Gasteiger partial charge in [0, 0.05) is 4.47 Å². The zero-order valence-electron chi connectivity index (χ0n) is 10.3. The average molecular weight is 374 g/mol. The summed E-state index contributed by atoms with van der Waals surface area (Å²) in [6, 6.07) is 2.21. The van der Waals surface area contributed by atoms with Crippen LogP contribution in [-0.2, 0) is 10.0 Å². The van der Waals surface area contributed by atoms with Crippen molar-refractivity contribution in [1.82, 2.24) is 5.32 Å². The SMILES string of the molecule is CCNCCCS(=O)(=O)Nc1c(Cl)cc(F)cc1Br. The summed E-state index contributed by atoms with van der Waals surface area (Å²) in [6.45, 7) is 3.36. The minimum Gasteiger partial charge on any atom is -0.317 e. The van der Waals surface area contributed by atoms with E-state index in [4.69, 9.17) is 11.6 Å². The van der Waals surface area contributed by atoms with E-state index in [1.54, 1.807) is 0 Å². The second kappa shape index (κ2) is 7.42. The van der Waals surface area contributed by atoms with Crippen LogP contribution in [0.2, 0.25) is 5.02 Å². The zero-order valence-corrected chi connectivity index (χ0v) is 13.5. The minimum absolute atomic E-state index is 0.0159. The van der Waals surface area contributed by atoms with E-state index in [9.17, 15) is 12.8 Å². The molecule has 0 amide bonds. The van der Waals surface area contributed by atoms with Crippen molar-refractivity contribution in [1.29, 1.82) is 0 Å². The number of benzene rings is 1. The Hall–Kier alpha value is -0.370. The summed E-state index contributed by atoms with van der Waals surface area (Å²) in [4.78, 5) is 0. The molecule has 0 fully saturated rings. The Morgan fingerprint density at radius 3 is 2.68 bits per heavy atom. The first kappa shape index (κ1) is 16.7. The second-order valence-electron chi connectivity index (χ2n) is 3.87. The van der Waals surface area contributed by atoms with Gasteiger partial charge in [0.2, 0.25) is 10.0 Å². The number of anilines is 1. The normalized spacial score (nSPS) is 11.6. The number of hydrogen-bond donors (Lipinski definition) is 2. The van der Waals surface area contributed by atoms with E-state index < -0.39 is 15.8 Å². The molecule has 0 spiro atoms. The Labute approximate surface area is 125 Å². The highest BCUT2D eigenvalue weighted by Crippen LogP contribution is 2.32. The maximum absolute atomic E-state index is 13.0. The fraction of sp³-hybridized carbons (Fsp3) is 0.455. The highest BCUT2D eigenvalue weighted by molar-refractivity contribution is 9.10. The summed E-state index contributed by atoms with van der Waals surface area (Å²) in [7, 11) is -3.50. The number of sulfonamides is 1. The Balaban J connectivity index is 2.73. The van der Waals surface area contributed by atoms with Crippen molar-refractivity contribution in [3.63, 3.8) is 0 Å². The summed E-state index contributed by atoms with van der Waals surface area (Å²) >= 11 is 8.90. The fourth-order valence-electron chi connectivity index (χ4n) is 1.41. The molecular weight excluding hydrogens is 359 g/mol. The summed E-state index contributed by atoms with van der Waals surface area (Å²) < 4.78 is 39.3. The minimum atomic E-state index is -3.50. The van der Waals surface area contributed by atoms with Gasteiger partial charge in [0.1, 0.15) is 5.82 Å². The van der Waals surface area contributed by atoms with Crippen molar-refractivity contribution in [2.24, 2.45) is 0 Å². The Morgan fingerprint density at radius 2 is 2.11 bits per heavy atom. The van der Waals surface area contributed by atoms with Crippen molar-refractivity contribution in [3.05, 3.63) is 27.4 Å². The first-order valence-corrected chi connectivity index (χ1v) is 8.54. The van der Waals surface area contributed by atoms with E-state index in [0.717, 1.165) is 18.7 Å². The lowest BCUT2D eigenvalue weighted by Crippen LogP contribution is -2.22. The molecule has 0 aromatic heterocycles. The number of rotatable bonds is 7. The van der Waals surface area contributed by atoms with Crippen molar-refractivity contribution in [2.45, 2.75) is 13.3 Å². The molecule has 108 valence electrons. The highest BCUT2D eigenvalue weighted by Gasteiger charge is 2.15. The van der Waals surface area contributed by atoms with Gasteiger partial charge in [-0.3, -0.25) is 4.72 Å². The van der Waals surface area contributed by atoms with Crippen molar-refractivity contribution < 1.29 is 12.8 Å². The molecule has 0 unspecified atom stereocenters.